The first-order valence-corrected chi connectivity index (χ1v) is 8.05. The Morgan fingerprint density at radius 1 is 1.20 bits per heavy atom. The van der Waals surface area contributed by atoms with Crippen molar-refractivity contribution in [2.45, 2.75) is 26.7 Å². The Kier molecular flexibility index (Phi) is 5.21. The van der Waals surface area contributed by atoms with E-state index in [0.717, 1.165) is 38.0 Å². The highest BCUT2D eigenvalue weighted by molar-refractivity contribution is 14.1. The average Bonchev–Trinajstić information content (AvgIpc) is 2.42. The largest absolute Gasteiger partial charge is 0.369 e. The van der Waals surface area contributed by atoms with Gasteiger partial charge in [-0.15, -0.1) is 0 Å². The molecule has 0 aliphatic rings. The molecule has 2 aromatic rings. The van der Waals surface area contributed by atoms with Crippen LogP contribution in [-0.4, -0.2) is 16.5 Å². The zero-order valence-corrected chi connectivity index (χ0v) is 14.7. The average molecular weight is 402 g/mol. The van der Waals surface area contributed by atoms with Crippen LogP contribution in [-0.2, 0) is 0 Å². The number of hydrogen-bond acceptors (Lipinski definition) is 3. The molecular weight excluding hydrogens is 385 g/mol. The van der Waals surface area contributed by atoms with Crippen LogP contribution in [0.5, 0.6) is 0 Å². The SMILES string of the molecule is CCNc1nc(-c2ccc(Cl)cc2)nc(C(C)C)c1I. The van der Waals surface area contributed by atoms with Crippen LogP contribution in [0, 0.1) is 3.57 Å². The number of rotatable bonds is 4. The van der Waals surface area contributed by atoms with Crippen LogP contribution in [0.2, 0.25) is 5.02 Å². The summed E-state index contributed by atoms with van der Waals surface area (Å²) in [5.74, 6) is 1.99. The van der Waals surface area contributed by atoms with Crippen LogP contribution in [0.25, 0.3) is 11.4 Å². The Hall–Kier alpha value is -0.880. The lowest BCUT2D eigenvalue weighted by molar-refractivity contribution is 0.808. The summed E-state index contributed by atoms with van der Waals surface area (Å²) >= 11 is 8.25. The van der Waals surface area contributed by atoms with Crippen molar-refractivity contribution in [1.82, 2.24) is 9.97 Å². The molecule has 0 spiro atoms. The molecule has 0 saturated carbocycles. The maximum absolute atomic E-state index is 5.93. The lowest BCUT2D eigenvalue weighted by atomic mass is 10.1. The van der Waals surface area contributed by atoms with E-state index in [-0.39, 0.29) is 0 Å². The highest BCUT2D eigenvalue weighted by Gasteiger charge is 2.15. The van der Waals surface area contributed by atoms with E-state index in [9.17, 15) is 0 Å². The number of nitrogens with zero attached hydrogens (tertiary/aromatic N) is 2. The molecule has 0 fully saturated rings. The maximum atomic E-state index is 5.93. The Labute approximate surface area is 138 Å². The molecule has 1 aromatic heterocycles. The molecule has 3 nitrogen and oxygen atoms in total. The summed E-state index contributed by atoms with van der Waals surface area (Å²) in [6.07, 6.45) is 0. The first-order chi connectivity index (χ1) is 9.52. The Balaban J connectivity index is 2.55. The Bertz CT molecular complexity index is 597. The zero-order valence-electron chi connectivity index (χ0n) is 11.7. The fourth-order valence-electron chi connectivity index (χ4n) is 1.86. The molecule has 2 rings (SSSR count). The van der Waals surface area contributed by atoms with E-state index in [1.165, 1.54) is 0 Å². The number of aromatic nitrogens is 2. The van der Waals surface area contributed by atoms with Crippen LogP contribution in [0.4, 0.5) is 5.82 Å². The highest BCUT2D eigenvalue weighted by Crippen LogP contribution is 2.28. The van der Waals surface area contributed by atoms with Crippen molar-refractivity contribution in [2.24, 2.45) is 0 Å². The molecule has 0 bridgehead atoms. The van der Waals surface area contributed by atoms with E-state index in [0.29, 0.717) is 5.92 Å². The van der Waals surface area contributed by atoms with Crippen molar-refractivity contribution in [3.05, 3.63) is 38.6 Å². The van der Waals surface area contributed by atoms with Gasteiger partial charge in [-0.05, 0) is 59.7 Å². The zero-order chi connectivity index (χ0) is 14.7. The summed E-state index contributed by atoms with van der Waals surface area (Å²) < 4.78 is 1.09. The van der Waals surface area contributed by atoms with Gasteiger partial charge in [-0.25, -0.2) is 9.97 Å². The van der Waals surface area contributed by atoms with Crippen LogP contribution < -0.4 is 5.32 Å². The Morgan fingerprint density at radius 3 is 2.40 bits per heavy atom. The van der Waals surface area contributed by atoms with Crippen LogP contribution >= 0.6 is 34.2 Å². The van der Waals surface area contributed by atoms with Crippen LogP contribution in [0.1, 0.15) is 32.4 Å². The lowest BCUT2D eigenvalue weighted by Gasteiger charge is -2.14. The topological polar surface area (TPSA) is 37.8 Å². The molecule has 0 radical (unpaired) electrons. The maximum Gasteiger partial charge on any atom is 0.161 e. The third-order valence-electron chi connectivity index (χ3n) is 2.87. The summed E-state index contributed by atoms with van der Waals surface area (Å²) in [5, 5.41) is 4.03. The van der Waals surface area contributed by atoms with E-state index in [2.05, 4.69) is 53.7 Å². The number of nitrogens with one attached hydrogen (secondary N) is 1. The molecule has 106 valence electrons. The monoisotopic (exact) mass is 401 g/mol. The van der Waals surface area contributed by atoms with Gasteiger partial charge in [0, 0.05) is 17.1 Å². The lowest BCUT2D eigenvalue weighted by Crippen LogP contribution is -2.09. The number of benzene rings is 1. The molecule has 5 heteroatoms. The van der Waals surface area contributed by atoms with Crippen LogP contribution in [0.3, 0.4) is 0 Å². The van der Waals surface area contributed by atoms with Gasteiger partial charge in [-0.1, -0.05) is 25.4 Å². The van der Waals surface area contributed by atoms with Crippen LogP contribution in [0.15, 0.2) is 24.3 Å². The molecule has 20 heavy (non-hydrogen) atoms. The van der Waals surface area contributed by atoms with E-state index >= 15 is 0 Å². The van der Waals surface area contributed by atoms with Crippen molar-refractivity contribution >= 4 is 40.0 Å². The molecule has 0 atom stereocenters. The minimum atomic E-state index is 0.355. The Morgan fingerprint density at radius 2 is 1.85 bits per heavy atom. The predicted molar refractivity (Wildman–Crippen MR) is 93.4 cm³/mol. The van der Waals surface area contributed by atoms with Gasteiger partial charge in [0.2, 0.25) is 0 Å². The summed E-state index contributed by atoms with van der Waals surface area (Å²) in [6.45, 7) is 7.19. The predicted octanol–water partition coefficient (Wildman–Crippen LogP) is 4.96. The van der Waals surface area contributed by atoms with Gasteiger partial charge in [-0.2, -0.15) is 0 Å². The minimum absolute atomic E-state index is 0.355. The smallest absolute Gasteiger partial charge is 0.161 e. The summed E-state index contributed by atoms with van der Waals surface area (Å²) in [5.41, 5.74) is 2.05. The van der Waals surface area contributed by atoms with Crippen molar-refractivity contribution in [1.29, 1.82) is 0 Å². The second-order valence-electron chi connectivity index (χ2n) is 4.79. The first kappa shape index (κ1) is 15.5. The van der Waals surface area contributed by atoms with Crippen molar-refractivity contribution in [3.8, 4) is 11.4 Å². The molecule has 0 unspecified atom stereocenters. The molecule has 1 heterocycles. The fourth-order valence-corrected chi connectivity index (χ4v) is 3.04. The van der Waals surface area contributed by atoms with Gasteiger partial charge < -0.3 is 5.32 Å². The molecular formula is C15H17ClIN3. The second-order valence-corrected chi connectivity index (χ2v) is 6.30. The summed E-state index contributed by atoms with van der Waals surface area (Å²) in [7, 11) is 0. The normalized spacial score (nSPS) is 10.9. The van der Waals surface area contributed by atoms with E-state index < -0.39 is 0 Å². The highest BCUT2D eigenvalue weighted by atomic mass is 127. The first-order valence-electron chi connectivity index (χ1n) is 6.60. The fraction of sp³-hybridized carbons (Fsp3) is 0.333. The molecule has 0 aliphatic heterocycles. The van der Waals surface area contributed by atoms with Crippen molar-refractivity contribution < 1.29 is 0 Å². The standard InChI is InChI=1S/C15H17ClIN3/c1-4-18-15-12(17)13(9(2)3)19-14(20-15)10-5-7-11(16)8-6-10/h5-9H,4H2,1-3H3,(H,18,19,20). The number of hydrogen-bond donors (Lipinski definition) is 1. The van der Waals surface area contributed by atoms with Gasteiger partial charge in [0.15, 0.2) is 5.82 Å². The molecule has 0 saturated heterocycles. The molecule has 1 N–H and O–H groups in total. The number of anilines is 1. The summed E-state index contributed by atoms with van der Waals surface area (Å²) in [4.78, 5) is 9.35. The second kappa shape index (κ2) is 6.72. The molecule has 0 aliphatic carbocycles. The van der Waals surface area contributed by atoms with E-state index in [1.54, 1.807) is 0 Å². The molecule has 1 aromatic carbocycles. The third-order valence-corrected chi connectivity index (χ3v) is 4.19. The summed E-state index contributed by atoms with van der Waals surface area (Å²) in [6, 6.07) is 7.62. The van der Waals surface area contributed by atoms with Gasteiger partial charge >= 0.3 is 0 Å². The quantitative estimate of drug-likeness (QED) is 0.736. The van der Waals surface area contributed by atoms with Gasteiger partial charge in [0.05, 0.1) is 9.26 Å². The van der Waals surface area contributed by atoms with Crippen molar-refractivity contribution in [2.75, 3.05) is 11.9 Å². The third kappa shape index (κ3) is 3.41. The van der Waals surface area contributed by atoms with Gasteiger partial charge in [0.25, 0.3) is 0 Å². The van der Waals surface area contributed by atoms with Gasteiger partial charge in [-0.3, -0.25) is 0 Å². The van der Waals surface area contributed by atoms with E-state index in [4.69, 9.17) is 16.6 Å². The van der Waals surface area contributed by atoms with Gasteiger partial charge in [0.1, 0.15) is 5.82 Å². The van der Waals surface area contributed by atoms with E-state index in [1.807, 2.05) is 24.3 Å². The molecule has 0 amide bonds. The van der Waals surface area contributed by atoms with Crippen molar-refractivity contribution in [3.63, 3.8) is 0 Å². The number of halogens is 2. The minimum Gasteiger partial charge on any atom is -0.369 e.